The zero-order valence-electron chi connectivity index (χ0n) is 17.9. The highest BCUT2D eigenvalue weighted by Crippen LogP contribution is 2.39. The van der Waals surface area contributed by atoms with Gasteiger partial charge in [-0.25, -0.2) is 19.3 Å². The van der Waals surface area contributed by atoms with Gasteiger partial charge in [0.25, 0.3) is 0 Å². The maximum Gasteiger partial charge on any atom is 0.416 e. The summed E-state index contributed by atoms with van der Waals surface area (Å²) in [5.74, 6) is 1.40. The van der Waals surface area contributed by atoms with Crippen molar-refractivity contribution in [3.05, 3.63) is 73.4 Å². The summed E-state index contributed by atoms with van der Waals surface area (Å²) in [6.07, 6.45) is 13.9. The number of amides is 1. The van der Waals surface area contributed by atoms with Gasteiger partial charge in [0.1, 0.15) is 18.8 Å². The highest BCUT2D eigenvalue weighted by atomic mass is 16.6. The summed E-state index contributed by atoms with van der Waals surface area (Å²) in [5.41, 5.74) is 2.91. The molecular weight excluding hydrogens is 418 g/mol. The van der Waals surface area contributed by atoms with Crippen molar-refractivity contribution in [1.29, 1.82) is 0 Å². The molecule has 1 saturated heterocycles. The smallest absolute Gasteiger partial charge is 0.416 e. The lowest BCUT2D eigenvalue weighted by atomic mass is 9.81. The molecule has 0 radical (unpaired) electrons. The van der Waals surface area contributed by atoms with E-state index in [0.29, 0.717) is 23.9 Å². The van der Waals surface area contributed by atoms with E-state index in [1.165, 1.54) is 6.33 Å². The van der Waals surface area contributed by atoms with Crippen LogP contribution in [0.15, 0.2) is 73.4 Å². The highest BCUT2D eigenvalue weighted by molar-refractivity contribution is 5.91. The van der Waals surface area contributed by atoms with Crippen LogP contribution in [-0.4, -0.2) is 48.0 Å². The minimum Gasteiger partial charge on any atom is -0.447 e. The molecule has 1 amide bonds. The number of hydrogen-bond donors (Lipinski definition) is 1. The summed E-state index contributed by atoms with van der Waals surface area (Å²) < 4.78 is 7.21. The molecule has 1 N–H and O–H groups in total. The van der Waals surface area contributed by atoms with Crippen LogP contribution in [0.3, 0.4) is 0 Å². The molecule has 164 valence electrons. The fourth-order valence-electron chi connectivity index (χ4n) is 4.56. The van der Waals surface area contributed by atoms with Crippen LogP contribution >= 0.6 is 0 Å². The molecular formula is C24H21N7O2. The van der Waals surface area contributed by atoms with Crippen molar-refractivity contribution in [3.63, 3.8) is 0 Å². The van der Waals surface area contributed by atoms with Crippen LogP contribution in [-0.2, 0) is 4.74 Å². The Kier molecular flexibility index (Phi) is 4.36. The molecule has 1 fully saturated rings. The predicted molar refractivity (Wildman–Crippen MR) is 122 cm³/mol. The van der Waals surface area contributed by atoms with Crippen molar-refractivity contribution in [1.82, 2.24) is 29.8 Å². The molecule has 0 saturated carbocycles. The molecule has 4 aromatic rings. The molecule has 1 aliphatic carbocycles. The van der Waals surface area contributed by atoms with E-state index >= 15 is 0 Å². The molecule has 0 bridgehead atoms. The van der Waals surface area contributed by atoms with Crippen molar-refractivity contribution in [2.75, 3.05) is 11.5 Å². The first-order valence-electron chi connectivity index (χ1n) is 10.7. The van der Waals surface area contributed by atoms with Crippen molar-refractivity contribution in [2.24, 2.45) is 5.92 Å². The number of anilines is 1. The molecule has 1 aliphatic heterocycles. The molecule has 33 heavy (non-hydrogen) atoms. The van der Waals surface area contributed by atoms with Gasteiger partial charge in [-0.05, 0) is 25.0 Å². The number of ether oxygens (including phenoxy) is 1. The van der Waals surface area contributed by atoms with Gasteiger partial charge in [-0.15, -0.1) is 0 Å². The van der Waals surface area contributed by atoms with E-state index in [1.54, 1.807) is 15.6 Å². The van der Waals surface area contributed by atoms with Crippen LogP contribution < -0.4 is 4.90 Å². The van der Waals surface area contributed by atoms with E-state index in [0.717, 1.165) is 23.1 Å². The van der Waals surface area contributed by atoms with Crippen LogP contribution in [0.2, 0.25) is 0 Å². The lowest BCUT2D eigenvalue weighted by Crippen LogP contribution is -2.50. The number of nitrogens with one attached hydrogen (secondary N) is 1. The second-order valence-electron chi connectivity index (χ2n) is 8.43. The molecule has 2 atom stereocenters. The van der Waals surface area contributed by atoms with Gasteiger partial charge in [-0.3, -0.25) is 10.00 Å². The standard InChI is InChI=1S/C24H21N7O2/c1-24(18-5-3-2-4-6-18)14-33-23(32)31(24)20-11-12-30-22(28-20)19(13-27-30)16-7-9-17(10-8-16)21-25-15-26-29-21/h2-5,7-13,15,18H,6,14H2,1H3,(H,25,26,29)/t18?,24-/m1/s1. The average Bonchev–Trinajstić information content (AvgIpc) is 3.59. The Labute approximate surface area is 189 Å². The number of H-pyrrole nitrogens is 1. The Bertz CT molecular complexity index is 1390. The van der Waals surface area contributed by atoms with E-state index in [-0.39, 0.29) is 12.0 Å². The number of nitrogens with zero attached hydrogens (tertiary/aromatic N) is 6. The van der Waals surface area contributed by atoms with Gasteiger partial charge >= 0.3 is 6.09 Å². The fourth-order valence-corrected chi connectivity index (χ4v) is 4.56. The third-order valence-corrected chi connectivity index (χ3v) is 6.43. The first kappa shape index (κ1) is 19.4. The topological polar surface area (TPSA) is 101 Å². The van der Waals surface area contributed by atoms with Crippen molar-refractivity contribution in [3.8, 4) is 22.5 Å². The number of aromatic nitrogens is 6. The summed E-state index contributed by atoms with van der Waals surface area (Å²) in [5, 5.41) is 11.2. The molecule has 4 heterocycles. The maximum atomic E-state index is 12.8. The molecule has 9 nitrogen and oxygen atoms in total. The fraction of sp³-hybridized carbons (Fsp3) is 0.208. The van der Waals surface area contributed by atoms with Gasteiger partial charge in [0.05, 0.1) is 11.7 Å². The maximum absolute atomic E-state index is 12.8. The molecule has 1 aromatic carbocycles. The van der Waals surface area contributed by atoms with E-state index in [1.807, 2.05) is 48.7 Å². The number of carbonyl (C=O) groups excluding carboxylic acids is 1. The number of aromatic amines is 1. The molecule has 9 heteroatoms. The molecule has 2 aliphatic rings. The number of rotatable bonds is 4. The third-order valence-electron chi connectivity index (χ3n) is 6.43. The van der Waals surface area contributed by atoms with Gasteiger partial charge in [-0.1, -0.05) is 48.6 Å². The van der Waals surface area contributed by atoms with Crippen LogP contribution in [0.1, 0.15) is 13.3 Å². The molecule has 1 unspecified atom stereocenters. The SMILES string of the molecule is C[C@]1(C2C=CC=CC2)COC(=O)N1c1ccn2ncc(-c3ccc(-c4ncn[nH]4)cc3)c2n1. The molecule has 0 spiro atoms. The Morgan fingerprint density at radius 2 is 2.00 bits per heavy atom. The minimum atomic E-state index is -0.525. The summed E-state index contributed by atoms with van der Waals surface area (Å²) >= 11 is 0. The zero-order chi connectivity index (χ0) is 22.4. The predicted octanol–water partition coefficient (Wildman–Crippen LogP) is 4.03. The van der Waals surface area contributed by atoms with E-state index in [2.05, 4.69) is 39.4 Å². The number of benzene rings is 1. The average molecular weight is 439 g/mol. The number of carbonyl (C=O) groups is 1. The summed E-state index contributed by atoms with van der Waals surface area (Å²) in [4.78, 5) is 23.5. The first-order valence-corrected chi connectivity index (χ1v) is 10.7. The van der Waals surface area contributed by atoms with Crippen molar-refractivity contribution >= 4 is 17.6 Å². The molecule has 6 rings (SSSR count). The number of cyclic esters (lactones) is 1. The summed E-state index contributed by atoms with van der Waals surface area (Å²) in [7, 11) is 0. The minimum absolute atomic E-state index is 0.139. The van der Waals surface area contributed by atoms with Gasteiger partial charge in [0.2, 0.25) is 0 Å². The zero-order valence-corrected chi connectivity index (χ0v) is 17.9. The number of fused-ring (bicyclic) bond motifs is 1. The van der Waals surface area contributed by atoms with Crippen molar-refractivity contribution in [2.45, 2.75) is 18.9 Å². The van der Waals surface area contributed by atoms with Gasteiger partial charge < -0.3 is 4.74 Å². The summed E-state index contributed by atoms with van der Waals surface area (Å²) in [6, 6.07) is 9.75. The lowest BCUT2D eigenvalue weighted by molar-refractivity contribution is 0.169. The second kappa shape index (κ2) is 7.40. The Morgan fingerprint density at radius 1 is 1.15 bits per heavy atom. The number of hydrogen-bond acceptors (Lipinski definition) is 6. The van der Waals surface area contributed by atoms with Crippen LogP contribution in [0.4, 0.5) is 10.6 Å². The molecule has 3 aromatic heterocycles. The van der Waals surface area contributed by atoms with Gasteiger partial charge in [-0.2, -0.15) is 10.2 Å². The quantitative estimate of drug-likeness (QED) is 0.515. The second-order valence-corrected chi connectivity index (χ2v) is 8.43. The lowest BCUT2D eigenvalue weighted by Gasteiger charge is -2.37. The van der Waals surface area contributed by atoms with Gasteiger partial charge in [0.15, 0.2) is 11.5 Å². The van der Waals surface area contributed by atoms with E-state index < -0.39 is 5.54 Å². The Balaban J connectivity index is 1.39. The first-order chi connectivity index (χ1) is 16.1. The van der Waals surface area contributed by atoms with Crippen molar-refractivity contribution < 1.29 is 9.53 Å². The Morgan fingerprint density at radius 3 is 2.76 bits per heavy atom. The largest absolute Gasteiger partial charge is 0.447 e. The van der Waals surface area contributed by atoms with Crippen LogP contribution in [0.5, 0.6) is 0 Å². The third kappa shape index (κ3) is 3.12. The summed E-state index contributed by atoms with van der Waals surface area (Å²) in [6.45, 7) is 2.37. The normalized spacial score (nSPS) is 22.3. The Hall–Kier alpha value is -4.27. The van der Waals surface area contributed by atoms with Gasteiger partial charge in [0, 0.05) is 23.2 Å². The van der Waals surface area contributed by atoms with Crippen LogP contribution in [0.25, 0.3) is 28.2 Å². The number of allylic oxidation sites excluding steroid dienone is 3. The highest BCUT2D eigenvalue weighted by Gasteiger charge is 2.49. The van der Waals surface area contributed by atoms with E-state index in [4.69, 9.17) is 9.72 Å². The monoisotopic (exact) mass is 439 g/mol. The van der Waals surface area contributed by atoms with Crippen LogP contribution in [0, 0.1) is 5.92 Å². The van der Waals surface area contributed by atoms with E-state index in [9.17, 15) is 4.79 Å².